The third kappa shape index (κ3) is 8.55. The molecule has 0 saturated carbocycles. The van der Waals surface area contributed by atoms with Gasteiger partial charge < -0.3 is 29.5 Å². The van der Waals surface area contributed by atoms with Crippen molar-refractivity contribution in [1.29, 1.82) is 0 Å². The summed E-state index contributed by atoms with van der Waals surface area (Å²) in [6.07, 6.45) is 6.89. The summed E-state index contributed by atoms with van der Waals surface area (Å²) in [5.41, 5.74) is 2.95. The van der Waals surface area contributed by atoms with E-state index in [1.165, 1.54) is 0 Å². The second-order valence-electron chi connectivity index (χ2n) is 14.4. The number of anilines is 2. The van der Waals surface area contributed by atoms with Crippen molar-refractivity contribution >= 4 is 41.9 Å². The summed E-state index contributed by atoms with van der Waals surface area (Å²) >= 11 is 4.37. The number of nitrogens with zero attached hydrogens (tertiary/aromatic N) is 1. The molecular formula is C39H51N3O7S. The van der Waals surface area contributed by atoms with Crippen LogP contribution in [0.1, 0.15) is 72.3 Å². The maximum absolute atomic E-state index is 13.9. The standard InChI is InChI=1S/C39H51N3O7S/c1-23-9-8-10-24(2)39(46)22-32(48-37(45)41-39)26(4)36-38(5,49-36)18-17-34(44)42(6)30-20-27(19-23)21-31(47-7)35(30)28-12-14-29(15-13-28)40-33(43)16-11-25(3)50/h8-10,12-15,20-21,24-26,32,36,46,50H,11,16-19,22H2,1-7H3,(H,40,43)(H,41,45)/b10-8+,23-9+/t24-,25?,26-,32+,36+,38+,39+/m1/s1. The van der Waals surface area contributed by atoms with Crippen molar-refractivity contribution in [3.05, 3.63) is 65.8 Å². The van der Waals surface area contributed by atoms with Gasteiger partial charge in [0.05, 0.1) is 24.5 Å². The van der Waals surface area contributed by atoms with Gasteiger partial charge >= 0.3 is 6.09 Å². The summed E-state index contributed by atoms with van der Waals surface area (Å²) in [6.45, 7) is 9.80. The highest BCUT2D eigenvalue weighted by molar-refractivity contribution is 7.80. The van der Waals surface area contributed by atoms with Crippen LogP contribution in [-0.2, 0) is 25.5 Å². The first kappa shape index (κ1) is 37.5. The Kier molecular flexibility index (Phi) is 11.4. The summed E-state index contributed by atoms with van der Waals surface area (Å²) in [5, 5.41) is 17.3. The molecule has 4 bridgehead atoms. The Morgan fingerprint density at radius 2 is 1.94 bits per heavy atom. The van der Waals surface area contributed by atoms with E-state index in [4.69, 9.17) is 14.2 Å². The zero-order valence-corrected chi connectivity index (χ0v) is 31.0. The molecule has 2 aromatic carbocycles. The van der Waals surface area contributed by atoms with Crippen molar-refractivity contribution in [3.63, 3.8) is 0 Å². The van der Waals surface area contributed by atoms with E-state index in [1.54, 1.807) is 19.1 Å². The normalized spacial score (nSPS) is 30.9. The summed E-state index contributed by atoms with van der Waals surface area (Å²) in [5.74, 6) is -0.117. The Morgan fingerprint density at radius 1 is 1.22 bits per heavy atom. The fourth-order valence-corrected chi connectivity index (χ4v) is 7.12. The molecule has 11 heteroatoms. The number of fused-ring (bicyclic) bond motifs is 5. The van der Waals surface area contributed by atoms with Crippen molar-refractivity contribution in [2.24, 2.45) is 11.8 Å². The van der Waals surface area contributed by atoms with Gasteiger partial charge in [-0.05, 0) is 73.8 Å². The molecule has 270 valence electrons. The lowest BCUT2D eigenvalue weighted by molar-refractivity contribution is -0.118. The van der Waals surface area contributed by atoms with Gasteiger partial charge in [0.2, 0.25) is 11.8 Å². The predicted octanol–water partition coefficient (Wildman–Crippen LogP) is 6.82. The zero-order valence-electron chi connectivity index (χ0n) is 30.1. The SMILES string of the molecule is COc1cc2cc(c1-c1ccc(NC(=O)CCC(C)S)cc1)N(C)C(=O)CC[C@]1(C)O[C@H]1[C@H](C)[C@@H]1C[C@@](O)(NC(=O)O1)[C@H](C)/C=C/C=C(\C)C2. The highest BCUT2D eigenvalue weighted by atomic mass is 32.1. The highest BCUT2D eigenvalue weighted by Gasteiger charge is 2.58. The van der Waals surface area contributed by atoms with Crippen molar-refractivity contribution < 1.29 is 33.7 Å². The molecule has 2 aromatic rings. The monoisotopic (exact) mass is 705 g/mol. The number of carbonyl (C=O) groups excluding carboxylic acids is 3. The second kappa shape index (κ2) is 15.2. The summed E-state index contributed by atoms with van der Waals surface area (Å²) < 4.78 is 17.8. The number of nitrogens with one attached hydrogen (secondary N) is 2. The zero-order chi connectivity index (χ0) is 36.4. The van der Waals surface area contributed by atoms with Crippen LogP contribution in [0.4, 0.5) is 16.2 Å². The number of methoxy groups -OCH3 is 1. The van der Waals surface area contributed by atoms with E-state index in [2.05, 4.69) is 23.3 Å². The van der Waals surface area contributed by atoms with Crippen LogP contribution in [0.25, 0.3) is 11.1 Å². The molecule has 2 saturated heterocycles. The smallest absolute Gasteiger partial charge is 0.409 e. The van der Waals surface area contributed by atoms with Gasteiger partial charge in [-0.15, -0.1) is 0 Å². The molecule has 3 aliphatic heterocycles. The molecule has 2 fully saturated rings. The third-order valence-corrected chi connectivity index (χ3v) is 10.5. The minimum Gasteiger partial charge on any atom is -0.496 e. The van der Waals surface area contributed by atoms with Crippen LogP contribution in [0.5, 0.6) is 5.75 Å². The van der Waals surface area contributed by atoms with Crippen LogP contribution in [0.15, 0.2) is 60.2 Å². The number of alkyl carbamates (subject to hydrolysis) is 1. The molecule has 7 atom stereocenters. The number of amides is 3. The summed E-state index contributed by atoms with van der Waals surface area (Å²) in [7, 11) is 3.40. The maximum Gasteiger partial charge on any atom is 0.409 e. The topological polar surface area (TPSA) is 130 Å². The largest absolute Gasteiger partial charge is 0.496 e. The van der Waals surface area contributed by atoms with Crippen LogP contribution in [-0.4, -0.2) is 66.0 Å². The van der Waals surface area contributed by atoms with Gasteiger partial charge in [-0.25, -0.2) is 4.79 Å². The Hall–Kier alpha value is -3.80. The van der Waals surface area contributed by atoms with Gasteiger partial charge in [-0.1, -0.05) is 56.7 Å². The van der Waals surface area contributed by atoms with E-state index in [0.29, 0.717) is 42.8 Å². The Labute approximate surface area is 301 Å². The molecule has 50 heavy (non-hydrogen) atoms. The lowest BCUT2D eigenvalue weighted by atomic mass is 9.82. The van der Waals surface area contributed by atoms with Crippen LogP contribution >= 0.6 is 12.6 Å². The van der Waals surface area contributed by atoms with E-state index in [9.17, 15) is 19.5 Å². The minimum atomic E-state index is -1.48. The van der Waals surface area contributed by atoms with Crippen molar-refractivity contribution in [2.45, 2.75) is 102 Å². The lowest BCUT2D eigenvalue weighted by Crippen LogP contribution is -2.60. The molecule has 0 radical (unpaired) electrons. The molecular weight excluding hydrogens is 655 g/mol. The van der Waals surface area contributed by atoms with E-state index >= 15 is 0 Å². The Bertz CT molecular complexity index is 1660. The molecule has 5 rings (SSSR count). The average molecular weight is 706 g/mol. The van der Waals surface area contributed by atoms with Crippen molar-refractivity contribution in [2.75, 3.05) is 24.4 Å². The van der Waals surface area contributed by atoms with Crippen LogP contribution in [0.2, 0.25) is 0 Å². The number of hydrogen-bond donors (Lipinski definition) is 4. The first-order valence-electron chi connectivity index (χ1n) is 17.4. The van der Waals surface area contributed by atoms with Crippen LogP contribution in [0, 0.1) is 11.8 Å². The predicted molar refractivity (Wildman–Crippen MR) is 199 cm³/mol. The fraction of sp³-hybridized carbons (Fsp3) is 0.513. The molecule has 3 amide bonds. The number of epoxide rings is 1. The summed E-state index contributed by atoms with van der Waals surface area (Å²) in [6, 6.07) is 11.6. The molecule has 3 heterocycles. The van der Waals surface area contributed by atoms with Crippen molar-refractivity contribution in [3.8, 4) is 16.9 Å². The number of aliphatic hydroxyl groups is 1. The Morgan fingerprint density at radius 3 is 2.62 bits per heavy atom. The number of thiol groups is 1. The third-order valence-electron chi connectivity index (χ3n) is 10.3. The average Bonchev–Trinajstić information content (AvgIpc) is 3.75. The summed E-state index contributed by atoms with van der Waals surface area (Å²) in [4.78, 5) is 40.6. The van der Waals surface area contributed by atoms with Gasteiger partial charge in [-0.3, -0.25) is 14.9 Å². The number of ether oxygens (including phenoxy) is 3. The minimum absolute atomic E-state index is 0.0671. The van der Waals surface area contributed by atoms with Gasteiger partial charge in [0, 0.05) is 49.4 Å². The quantitative estimate of drug-likeness (QED) is 0.192. The molecule has 3 aliphatic rings. The second-order valence-corrected chi connectivity index (χ2v) is 15.3. The maximum atomic E-state index is 13.9. The molecule has 0 spiro atoms. The molecule has 10 nitrogen and oxygen atoms in total. The first-order valence-corrected chi connectivity index (χ1v) is 17.9. The Balaban J connectivity index is 1.50. The number of rotatable bonds is 6. The van der Waals surface area contributed by atoms with E-state index in [-0.39, 0.29) is 41.9 Å². The molecule has 3 N–H and O–H groups in total. The molecule has 0 aromatic heterocycles. The van der Waals surface area contributed by atoms with Gasteiger partial charge in [-0.2, -0.15) is 12.6 Å². The number of benzene rings is 2. The van der Waals surface area contributed by atoms with E-state index in [1.807, 2.05) is 89.2 Å². The lowest BCUT2D eigenvalue weighted by Gasteiger charge is -2.41. The van der Waals surface area contributed by atoms with E-state index in [0.717, 1.165) is 22.3 Å². The molecule has 0 aliphatic carbocycles. The van der Waals surface area contributed by atoms with Gasteiger partial charge in [0.1, 0.15) is 17.6 Å². The first-order chi connectivity index (χ1) is 23.6. The van der Waals surface area contributed by atoms with E-state index < -0.39 is 29.4 Å². The van der Waals surface area contributed by atoms with Gasteiger partial charge in [0.15, 0.2) is 0 Å². The van der Waals surface area contributed by atoms with Crippen LogP contribution < -0.4 is 20.3 Å². The fourth-order valence-electron chi connectivity index (χ4n) is 6.99. The van der Waals surface area contributed by atoms with Crippen LogP contribution in [0.3, 0.4) is 0 Å². The highest BCUT2D eigenvalue weighted by Crippen LogP contribution is 2.48. The number of carbonyl (C=O) groups is 3. The van der Waals surface area contributed by atoms with Gasteiger partial charge in [0.25, 0.3) is 0 Å². The number of hydrogen-bond acceptors (Lipinski definition) is 8. The van der Waals surface area contributed by atoms with Crippen molar-refractivity contribution in [1.82, 2.24) is 5.32 Å². The number of allylic oxidation sites excluding steroid dienone is 3. The molecule has 1 unspecified atom stereocenters.